The topological polar surface area (TPSA) is 55.6 Å². The Morgan fingerprint density at radius 3 is 1.81 bits per heavy atom. The summed E-state index contributed by atoms with van der Waals surface area (Å²) in [6.07, 6.45) is 5.06. The average Bonchev–Trinajstić information content (AvgIpc) is 3.38. The van der Waals surface area contributed by atoms with Gasteiger partial charge in [-0.2, -0.15) is 0 Å². The van der Waals surface area contributed by atoms with Crippen LogP contribution >= 0.6 is 0 Å². The minimum Gasteiger partial charge on any atom is -0.361 e. The Labute approximate surface area is 162 Å². The third kappa shape index (κ3) is 5.46. The Morgan fingerprint density at radius 1 is 0.704 bits per heavy atom. The highest BCUT2D eigenvalue weighted by Gasteiger charge is 2.00. The molecule has 4 rings (SSSR count). The van der Waals surface area contributed by atoms with E-state index in [9.17, 15) is 0 Å². The summed E-state index contributed by atoms with van der Waals surface area (Å²) in [4.78, 5) is 6.41. The number of hydrogen-bond donors (Lipinski definition) is 4. The van der Waals surface area contributed by atoms with Crippen LogP contribution in [-0.4, -0.2) is 30.6 Å². The van der Waals surface area contributed by atoms with E-state index in [1.807, 2.05) is 40.3 Å². The van der Waals surface area contributed by atoms with Crippen LogP contribution in [0.15, 0.2) is 60.9 Å². The van der Waals surface area contributed by atoms with E-state index in [2.05, 4.69) is 69.1 Å². The Balaban J connectivity index is 0.000000178. The smallest absolute Gasteiger partial charge is 0.0457 e. The van der Waals surface area contributed by atoms with Gasteiger partial charge in [0.2, 0.25) is 0 Å². The van der Waals surface area contributed by atoms with Gasteiger partial charge >= 0.3 is 0 Å². The molecule has 2 aromatic heterocycles. The zero-order valence-corrected chi connectivity index (χ0v) is 16.9. The van der Waals surface area contributed by atoms with Gasteiger partial charge in [-0.25, -0.2) is 0 Å². The molecule has 0 aliphatic rings. The highest BCUT2D eigenvalue weighted by atomic mass is 14.8. The first kappa shape index (κ1) is 20.7. The van der Waals surface area contributed by atoms with Crippen LogP contribution in [0.4, 0.5) is 0 Å². The number of likely N-dealkylation sites (N-methyl/N-ethyl adjacent to an activating group) is 1. The molecule has 0 aliphatic heterocycles. The normalized spacial score (nSPS) is 10.2. The molecule has 0 bridgehead atoms. The Morgan fingerprint density at radius 2 is 1.26 bits per heavy atom. The lowest BCUT2D eigenvalue weighted by molar-refractivity contribution is 0.795. The predicted molar refractivity (Wildman–Crippen MR) is 118 cm³/mol. The molecular weight excluding hydrogens is 332 g/mol. The van der Waals surface area contributed by atoms with Gasteiger partial charge in [-0.3, -0.25) is 0 Å². The molecule has 0 radical (unpaired) electrons. The summed E-state index contributed by atoms with van der Waals surface area (Å²) in [7, 11) is 3.95. The van der Waals surface area contributed by atoms with Crippen LogP contribution in [0.1, 0.15) is 25.0 Å². The summed E-state index contributed by atoms with van der Waals surface area (Å²) >= 11 is 0. The molecule has 2 aromatic carbocycles. The molecular formula is C23H32N4. The Hall–Kier alpha value is -2.56. The molecule has 144 valence electrons. The highest BCUT2D eigenvalue weighted by Crippen LogP contribution is 2.17. The van der Waals surface area contributed by atoms with E-state index in [1.165, 1.54) is 32.9 Å². The lowest BCUT2D eigenvalue weighted by Gasteiger charge is -2.01. The summed E-state index contributed by atoms with van der Waals surface area (Å²) in [6.45, 7) is 5.96. The minimum atomic E-state index is 0.926. The second kappa shape index (κ2) is 11.2. The van der Waals surface area contributed by atoms with Crippen LogP contribution in [0.2, 0.25) is 0 Å². The van der Waals surface area contributed by atoms with Crippen molar-refractivity contribution in [2.75, 3.05) is 20.6 Å². The van der Waals surface area contributed by atoms with Crippen LogP contribution in [0.3, 0.4) is 0 Å². The maximum atomic E-state index is 3.22. The SMILES string of the molecule is CC.CNCCc1cccc2[nH]ccc12.CNCc1cccc2[nH]ccc12. The van der Waals surface area contributed by atoms with Crippen molar-refractivity contribution < 1.29 is 0 Å². The largest absolute Gasteiger partial charge is 0.361 e. The van der Waals surface area contributed by atoms with Crippen LogP contribution < -0.4 is 10.6 Å². The van der Waals surface area contributed by atoms with Gasteiger partial charge in [-0.1, -0.05) is 38.1 Å². The molecule has 2 heterocycles. The second-order valence-electron chi connectivity index (χ2n) is 6.10. The van der Waals surface area contributed by atoms with Gasteiger partial charge in [-0.05, 0) is 62.5 Å². The van der Waals surface area contributed by atoms with Crippen molar-refractivity contribution in [1.29, 1.82) is 0 Å². The number of rotatable bonds is 5. The maximum absolute atomic E-state index is 3.22. The molecule has 0 amide bonds. The molecule has 0 atom stereocenters. The number of aromatic amines is 2. The third-order valence-electron chi connectivity index (χ3n) is 4.38. The number of benzene rings is 2. The highest BCUT2D eigenvalue weighted by molar-refractivity contribution is 5.83. The summed E-state index contributed by atoms with van der Waals surface area (Å²) in [5, 5.41) is 8.97. The minimum absolute atomic E-state index is 0.926. The lowest BCUT2D eigenvalue weighted by atomic mass is 10.1. The van der Waals surface area contributed by atoms with Gasteiger partial charge < -0.3 is 20.6 Å². The zero-order valence-electron chi connectivity index (χ0n) is 16.9. The fourth-order valence-electron chi connectivity index (χ4n) is 3.12. The second-order valence-corrected chi connectivity index (χ2v) is 6.10. The molecule has 0 unspecified atom stereocenters. The van der Waals surface area contributed by atoms with E-state index < -0.39 is 0 Å². The molecule has 27 heavy (non-hydrogen) atoms. The summed E-state index contributed by atoms with van der Waals surface area (Å²) in [6, 6.07) is 17.0. The molecule has 4 aromatic rings. The van der Waals surface area contributed by atoms with Gasteiger partial charge in [0.15, 0.2) is 0 Å². The van der Waals surface area contributed by atoms with E-state index >= 15 is 0 Å². The van der Waals surface area contributed by atoms with Crippen LogP contribution in [0.5, 0.6) is 0 Å². The fourth-order valence-corrected chi connectivity index (χ4v) is 3.12. The van der Waals surface area contributed by atoms with Crippen molar-refractivity contribution >= 4 is 21.8 Å². The van der Waals surface area contributed by atoms with E-state index in [0.717, 1.165) is 19.5 Å². The van der Waals surface area contributed by atoms with Crippen molar-refractivity contribution in [3.63, 3.8) is 0 Å². The third-order valence-corrected chi connectivity index (χ3v) is 4.38. The lowest BCUT2D eigenvalue weighted by Crippen LogP contribution is -2.10. The van der Waals surface area contributed by atoms with E-state index in [0.29, 0.717) is 0 Å². The van der Waals surface area contributed by atoms with E-state index in [4.69, 9.17) is 0 Å². The predicted octanol–water partition coefficient (Wildman–Crippen LogP) is 4.84. The van der Waals surface area contributed by atoms with Crippen molar-refractivity contribution in [3.8, 4) is 0 Å². The van der Waals surface area contributed by atoms with Crippen LogP contribution in [-0.2, 0) is 13.0 Å². The first-order chi connectivity index (χ1) is 13.3. The van der Waals surface area contributed by atoms with E-state index in [-0.39, 0.29) is 0 Å². The molecule has 0 saturated carbocycles. The molecule has 4 N–H and O–H groups in total. The van der Waals surface area contributed by atoms with Crippen molar-refractivity contribution in [2.45, 2.75) is 26.8 Å². The molecule has 0 spiro atoms. The summed E-state index contributed by atoms with van der Waals surface area (Å²) < 4.78 is 0. The standard InChI is InChI=1S/C11H14N2.C10H12N2.C2H6/c1-12-7-5-9-3-2-4-11-10(9)6-8-13-11;1-11-7-8-3-2-4-10-9(8)5-6-12-10;1-2/h2-4,6,8,12-13H,5,7H2,1H3;2-6,11-12H,7H2,1H3;1-2H3. The summed E-state index contributed by atoms with van der Waals surface area (Å²) in [5.74, 6) is 0. The first-order valence-electron chi connectivity index (χ1n) is 9.72. The molecule has 0 saturated heterocycles. The first-order valence-corrected chi connectivity index (χ1v) is 9.72. The van der Waals surface area contributed by atoms with E-state index in [1.54, 1.807) is 0 Å². The Bertz CT molecular complexity index is 920. The number of hydrogen-bond acceptors (Lipinski definition) is 2. The molecule has 0 aliphatic carbocycles. The monoisotopic (exact) mass is 364 g/mol. The van der Waals surface area contributed by atoms with Crippen molar-refractivity contribution in [1.82, 2.24) is 20.6 Å². The average molecular weight is 365 g/mol. The van der Waals surface area contributed by atoms with Gasteiger partial charge in [0, 0.05) is 40.7 Å². The zero-order chi connectivity index (χ0) is 19.5. The quantitative estimate of drug-likeness (QED) is 0.409. The number of aromatic nitrogens is 2. The number of H-pyrrole nitrogens is 2. The van der Waals surface area contributed by atoms with Gasteiger partial charge in [-0.15, -0.1) is 0 Å². The number of nitrogens with one attached hydrogen (secondary N) is 4. The van der Waals surface area contributed by atoms with Crippen LogP contribution in [0.25, 0.3) is 21.8 Å². The Kier molecular flexibility index (Phi) is 8.62. The van der Waals surface area contributed by atoms with Gasteiger partial charge in [0.1, 0.15) is 0 Å². The number of fused-ring (bicyclic) bond motifs is 2. The fraction of sp³-hybridized carbons (Fsp3) is 0.304. The van der Waals surface area contributed by atoms with Crippen LogP contribution in [0, 0.1) is 0 Å². The molecule has 4 heteroatoms. The molecule has 0 fully saturated rings. The maximum Gasteiger partial charge on any atom is 0.0457 e. The molecule has 4 nitrogen and oxygen atoms in total. The van der Waals surface area contributed by atoms with Gasteiger partial charge in [0.25, 0.3) is 0 Å². The van der Waals surface area contributed by atoms with Crippen molar-refractivity contribution in [3.05, 3.63) is 72.1 Å². The van der Waals surface area contributed by atoms with Crippen molar-refractivity contribution in [2.24, 2.45) is 0 Å². The van der Waals surface area contributed by atoms with Gasteiger partial charge in [0.05, 0.1) is 0 Å². The summed E-state index contributed by atoms with van der Waals surface area (Å²) in [5.41, 5.74) is 5.20.